The van der Waals surface area contributed by atoms with Gasteiger partial charge in [-0.1, -0.05) is 12.1 Å². The van der Waals surface area contributed by atoms with E-state index < -0.39 is 0 Å². The first-order valence-corrected chi connectivity index (χ1v) is 8.23. The van der Waals surface area contributed by atoms with E-state index >= 15 is 0 Å². The molecular weight excluding hydrogens is 388 g/mol. The first-order chi connectivity index (χ1) is 11.2. The van der Waals surface area contributed by atoms with E-state index in [9.17, 15) is 9.18 Å². The van der Waals surface area contributed by atoms with E-state index in [1.165, 1.54) is 23.5 Å². The average Bonchev–Trinajstić information content (AvgIpc) is 3.01. The number of carbonyl (C=O) groups is 1. The number of thiazole rings is 1. The zero-order valence-corrected chi connectivity index (χ0v) is 16.2. The van der Waals surface area contributed by atoms with E-state index in [0.29, 0.717) is 31.8 Å². The SMILES string of the molecule is COCCNCCNC(=O)c1csc(Cc2ccc(F)cc2)n1.Cl.Cl. The van der Waals surface area contributed by atoms with Crippen LogP contribution in [0.5, 0.6) is 0 Å². The molecule has 1 heterocycles. The molecule has 0 atom stereocenters. The summed E-state index contributed by atoms with van der Waals surface area (Å²) in [5, 5.41) is 8.54. The van der Waals surface area contributed by atoms with Gasteiger partial charge >= 0.3 is 0 Å². The minimum absolute atomic E-state index is 0. The maximum atomic E-state index is 12.9. The van der Waals surface area contributed by atoms with Gasteiger partial charge in [0.15, 0.2) is 0 Å². The van der Waals surface area contributed by atoms with Crippen molar-refractivity contribution in [1.82, 2.24) is 15.6 Å². The second kappa shape index (κ2) is 13.0. The number of hydrogen-bond acceptors (Lipinski definition) is 5. The lowest BCUT2D eigenvalue weighted by atomic mass is 10.1. The van der Waals surface area contributed by atoms with Crippen LogP contribution in [0.1, 0.15) is 21.1 Å². The van der Waals surface area contributed by atoms with Crippen molar-refractivity contribution in [3.63, 3.8) is 0 Å². The quantitative estimate of drug-likeness (QED) is 0.624. The molecule has 0 aliphatic carbocycles. The molecular formula is C16H22Cl2FN3O2S. The first kappa shape index (κ1) is 23.8. The summed E-state index contributed by atoms with van der Waals surface area (Å²) >= 11 is 1.43. The lowest BCUT2D eigenvalue weighted by Gasteiger charge is -2.05. The summed E-state index contributed by atoms with van der Waals surface area (Å²) in [5.74, 6) is -0.438. The van der Waals surface area contributed by atoms with Gasteiger partial charge in [-0.05, 0) is 17.7 Å². The van der Waals surface area contributed by atoms with Crippen molar-refractivity contribution in [2.24, 2.45) is 0 Å². The van der Waals surface area contributed by atoms with Crippen LogP contribution in [0.4, 0.5) is 4.39 Å². The molecule has 1 aromatic heterocycles. The molecule has 2 N–H and O–H groups in total. The second-order valence-corrected chi connectivity index (χ2v) is 5.87. The number of nitrogens with zero attached hydrogens (tertiary/aromatic N) is 1. The Hall–Kier alpha value is -1.25. The molecule has 5 nitrogen and oxygen atoms in total. The van der Waals surface area contributed by atoms with Crippen molar-refractivity contribution in [1.29, 1.82) is 0 Å². The average molecular weight is 410 g/mol. The molecule has 2 aromatic rings. The summed E-state index contributed by atoms with van der Waals surface area (Å²) in [6.45, 7) is 2.62. The smallest absolute Gasteiger partial charge is 0.270 e. The fourth-order valence-corrected chi connectivity index (χ4v) is 2.74. The van der Waals surface area contributed by atoms with Crippen LogP contribution in [-0.4, -0.2) is 44.2 Å². The summed E-state index contributed by atoms with van der Waals surface area (Å²) in [5.41, 5.74) is 1.39. The highest BCUT2D eigenvalue weighted by atomic mass is 35.5. The molecule has 0 bridgehead atoms. The van der Waals surface area contributed by atoms with Gasteiger partial charge in [-0.15, -0.1) is 36.2 Å². The van der Waals surface area contributed by atoms with Crippen molar-refractivity contribution in [3.8, 4) is 0 Å². The third-order valence-electron chi connectivity index (χ3n) is 3.12. The highest BCUT2D eigenvalue weighted by Gasteiger charge is 2.10. The molecule has 0 aliphatic rings. The molecule has 0 radical (unpaired) electrons. The van der Waals surface area contributed by atoms with Gasteiger partial charge in [0, 0.05) is 38.5 Å². The van der Waals surface area contributed by atoms with Crippen LogP contribution in [0, 0.1) is 5.82 Å². The van der Waals surface area contributed by atoms with Crippen molar-refractivity contribution in [2.75, 3.05) is 33.4 Å². The highest BCUT2D eigenvalue weighted by molar-refractivity contribution is 7.09. The molecule has 0 aliphatic heterocycles. The molecule has 140 valence electrons. The van der Waals surface area contributed by atoms with Crippen molar-refractivity contribution in [3.05, 3.63) is 51.7 Å². The largest absolute Gasteiger partial charge is 0.383 e. The maximum absolute atomic E-state index is 12.9. The van der Waals surface area contributed by atoms with E-state index in [4.69, 9.17) is 4.74 Å². The van der Waals surface area contributed by atoms with Crippen molar-refractivity contribution < 1.29 is 13.9 Å². The Balaban J connectivity index is 0.00000288. The van der Waals surface area contributed by atoms with Crippen molar-refractivity contribution in [2.45, 2.75) is 6.42 Å². The van der Waals surface area contributed by atoms with Crippen LogP contribution in [0.25, 0.3) is 0 Å². The van der Waals surface area contributed by atoms with Crippen molar-refractivity contribution >= 4 is 42.1 Å². The first-order valence-electron chi connectivity index (χ1n) is 7.35. The standard InChI is InChI=1S/C16H20FN3O2S.2ClH/c1-22-9-8-18-6-7-19-16(21)14-11-23-15(20-14)10-12-2-4-13(17)5-3-12;;/h2-5,11,18H,6-10H2,1H3,(H,19,21);2*1H. The number of methoxy groups -OCH3 is 1. The molecule has 1 amide bonds. The summed E-state index contributed by atoms with van der Waals surface area (Å²) in [4.78, 5) is 16.3. The van der Waals surface area contributed by atoms with Gasteiger partial charge in [0.05, 0.1) is 11.6 Å². The Kier molecular flexibility index (Phi) is 12.4. The summed E-state index contributed by atoms with van der Waals surface area (Å²) in [6.07, 6.45) is 0.594. The lowest BCUT2D eigenvalue weighted by Crippen LogP contribution is -2.33. The fraction of sp³-hybridized carbons (Fsp3) is 0.375. The van der Waals surface area contributed by atoms with Crippen LogP contribution in [0.2, 0.25) is 0 Å². The molecule has 9 heteroatoms. The molecule has 0 saturated heterocycles. The predicted molar refractivity (Wildman–Crippen MR) is 103 cm³/mol. The van der Waals surface area contributed by atoms with Crippen LogP contribution in [0.3, 0.4) is 0 Å². The maximum Gasteiger partial charge on any atom is 0.270 e. The Labute approximate surface area is 163 Å². The van der Waals surface area contributed by atoms with Gasteiger partial charge in [-0.25, -0.2) is 9.37 Å². The fourth-order valence-electron chi connectivity index (χ4n) is 1.93. The topological polar surface area (TPSA) is 63.2 Å². The monoisotopic (exact) mass is 409 g/mol. The number of halogens is 3. The predicted octanol–water partition coefficient (Wildman–Crippen LogP) is 2.68. The Bertz CT molecular complexity index is 626. The number of ether oxygens (including phenoxy) is 1. The molecule has 0 fully saturated rings. The van der Waals surface area contributed by atoms with E-state index in [2.05, 4.69) is 15.6 Å². The molecule has 1 aromatic carbocycles. The summed E-state index contributed by atoms with van der Waals surface area (Å²) in [7, 11) is 1.65. The minimum Gasteiger partial charge on any atom is -0.383 e. The summed E-state index contributed by atoms with van der Waals surface area (Å²) in [6, 6.07) is 6.30. The number of nitrogens with one attached hydrogen (secondary N) is 2. The number of rotatable bonds is 9. The Morgan fingerprint density at radius 3 is 2.60 bits per heavy atom. The number of hydrogen-bond donors (Lipinski definition) is 2. The zero-order valence-electron chi connectivity index (χ0n) is 13.8. The van der Waals surface area contributed by atoms with E-state index in [1.54, 1.807) is 24.6 Å². The third kappa shape index (κ3) is 8.60. The van der Waals surface area contributed by atoms with Gasteiger partial charge in [0.25, 0.3) is 5.91 Å². The van der Waals surface area contributed by atoms with Gasteiger partial charge in [-0.3, -0.25) is 4.79 Å². The second-order valence-electron chi connectivity index (χ2n) is 4.93. The van der Waals surface area contributed by atoms with E-state index in [0.717, 1.165) is 17.1 Å². The Morgan fingerprint density at radius 2 is 1.92 bits per heavy atom. The van der Waals surface area contributed by atoms with Crippen LogP contribution in [-0.2, 0) is 11.2 Å². The number of carbonyl (C=O) groups excluding carboxylic acids is 1. The molecule has 0 unspecified atom stereocenters. The minimum atomic E-state index is -0.257. The molecule has 25 heavy (non-hydrogen) atoms. The normalized spacial score (nSPS) is 9.84. The summed E-state index contributed by atoms with van der Waals surface area (Å²) < 4.78 is 17.8. The van der Waals surface area contributed by atoms with Gasteiger partial charge in [0.2, 0.25) is 0 Å². The lowest BCUT2D eigenvalue weighted by molar-refractivity contribution is 0.0949. The number of aromatic nitrogens is 1. The van der Waals surface area contributed by atoms with Gasteiger partial charge in [-0.2, -0.15) is 0 Å². The number of benzene rings is 1. The van der Waals surface area contributed by atoms with E-state index in [1.807, 2.05) is 0 Å². The number of amides is 1. The highest BCUT2D eigenvalue weighted by Crippen LogP contribution is 2.15. The molecule has 0 saturated carbocycles. The van der Waals surface area contributed by atoms with Gasteiger partial charge < -0.3 is 15.4 Å². The third-order valence-corrected chi connectivity index (χ3v) is 3.97. The molecule has 2 rings (SSSR count). The van der Waals surface area contributed by atoms with Crippen LogP contribution < -0.4 is 10.6 Å². The van der Waals surface area contributed by atoms with Crippen LogP contribution in [0.15, 0.2) is 29.6 Å². The van der Waals surface area contributed by atoms with Gasteiger partial charge in [0.1, 0.15) is 11.5 Å². The molecule has 0 spiro atoms. The van der Waals surface area contributed by atoms with E-state index in [-0.39, 0.29) is 36.5 Å². The van der Waals surface area contributed by atoms with Crippen LogP contribution >= 0.6 is 36.2 Å². The zero-order chi connectivity index (χ0) is 16.5. The Morgan fingerprint density at radius 1 is 1.20 bits per heavy atom.